The third-order valence-corrected chi connectivity index (χ3v) is 3.84. The second-order valence-electron chi connectivity index (χ2n) is 5.79. The summed E-state index contributed by atoms with van der Waals surface area (Å²) in [6.07, 6.45) is 6.17. The number of anilines is 1. The molecule has 0 atom stereocenters. The van der Waals surface area contributed by atoms with Crippen LogP contribution in [0.15, 0.2) is 61.3 Å². The SMILES string of the molecule is N#Cc1ccnc(Oc2ccc(OCCNc3ncnc4nccnc34)cc2)c1. The van der Waals surface area contributed by atoms with E-state index in [-0.39, 0.29) is 0 Å². The Hall–Kier alpha value is -4.32. The van der Waals surface area contributed by atoms with Crippen molar-refractivity contribution in [3.63, 3.8) is 0 Å². The molecule has 1 N–H and O–H groups in total. The Bertz CT molecular complexity index is 1150. The normalized spacial score (nSPS) is 10.3. The highest BCUT2D eigenvalue weighted by Crippen LogP contribution is 2.23. The van der Waals surface area contributed by atoms with Crippen LogP contribution in [0.4, 0.5) is 5.82 Å². The molecular weight excluding hydrogens is 370 g/mol. The minimum atomic E-state index is 0.363. The smallest absolute Gasteiger partial charge is 0.220 e. The largest absolute Gasteiger partial charge is 0.492 e. The zero-order chi connectivity index (χ0) is 19.9. The lowest BCUT2D eigenvalue weighted by molar-refractivity contribution is 0.332. The number of rotatable bonds is 7. The van der Waals surface area contributed by atoms with E-state index in [1.165, 1.54) is 12.5 Å². The van der Waals surface area contributed by atoms with Crippen molar-refractivity contribution < 1.29 is 9.47 Å². The van der Waals surface area contributed by atoms with Crippen molar-refractivity contribution in [2.24, 2.45) is 0 Å². The predicted octanol–water partition coefficient (Wildman–Crippen LogP) is 2.97. The number of hydrogen-bond acceptors (Lipinski definition) is 9. The lowest BCUT2D eigenvalue weighted by Gasteiger charge is -2.10. The van der Waals surface area contributed by atoms with Gasteiger partial charge in [-0.25, -0.2) is 24.9 Å². The summed E-state index contributed by atoms with van der Waals surface area (Å²) >= 11 is 0. The van der Waals surface area contributed by atoms with E-state index < -0.39 is 0 Å². The maximum Gasteiger partial charge on any atom is 0.220 e. The number of fused-ring (bicyclic) bond motifs is 1. The number of benzene rings is 1. The first kappa shape index (κ1) is 18.1. The van der Waals surface area contributed by atoms with E-state index in [9.17, 15) is 0 Å². The maximum absolute atomic E-state index is 8.92. The fourth-order valence-electron chi connectivity index (χ4n) is 2.52. The number of pyridine rings is 1. The zero-order valence-electron chi connectivity index (χ0n) is 15.2. The summed E-state index contributed by atoms with van der Waals surface area (Å²) in [5, 5.41) is 12.1. The van der Waals surface area contributed by atoms with E-state index in [0.29, 0.717) is 53.1 Å². The molecule has 0 radical (unpaired) electrons. The number of nitrogens with zero attached hydrogens (tertiary/aromatic N) is 6. The van der Waals surface area contributed by atoms with Gasteiger partial charge in [-0.2, -0.15) is 5.26 Å². The Kier molecular flexibility index (Phi) is 5.34. The summed E-state index contributed by atoms with van der Waals surface area (Å²) in [5.74, 6) is 2.28. The summed E-state index contributed by atoms with van der Waals surface area (Å²) in [6.45, 7) is 0.962. The summed E-state index contributed by atoms with van der Waals surface area (Å²) in [5.41, 5.74) is 1.65. The first-order valence-electron chi connectivity index (χ1n) is 8.74. The Morgan fingerprint density at radius 2 is 1.72 bits per heavy atom. The molecule has 0 bridgehead atoms. The second-order valence-corrected chi connectivity index (χ2v) is 5.79. The molecular formula is C20H15N7O2. The average molecular weight is 385 g/mol. The highest BCUT2D eigenvalue weighted by molar-refractivity contribution is 5.81. The van der Waals surface area contributed by atoms with Crippen LogP contribution in [0.25, 0.3) is 11.2 Å². The first-order chi connectivity index (χ1) is 14.3. The van der Waals surface area contributed by atoms with Gasteiger partial charge in [-0.1, -0.05) is 0 Å². The van der Waals surface area contributed by atoms with Crippen molar-refractivity contribution >= 4 is 17.0 Å². The summed E-state index contributed by atoms with van der Waals surface area (Å²) < 4.78 is 11.4. The van der Waals surface area contributed by atoms with Crippen molar-refractivity contribution in [2.75, 3.05) is 18.5 Å². The Morgan fingerprint density at radius 3 is 2.59 bits per heavy atom. The van der Waals surface area contributed by atoms with Gasteiger partial charge in [0, 0.05) is 24.7 Å². The molecule has 0 aliphatic carbocycles. The molecule has 9 nitrogen and oxygen atoms in total. The minimum Gasteiger partial charge on any atom is -0.492 e. The number of nitrogens with one attached hydrogen (secondary N) is 1. The second kappa shape index (κ2) is 8.58. The average Bonchev–Trinajstić information content (AvgIpc) is 2.78. The number of aromatic nitrogens is 5. The van der Waals surface area contributed by atoms with Gasteiger partial charge in [-0.3, -0.25) is 0 Å². The van der Waals surface area contributed by atoms with Crippen LogP contribution in [-0.4, -0.2) is 38.1 Å². The molecule has 0 aliphatic heterocycles. The van der Waals surface area contributed by atoms with Crippen LogP contribution in [0, 0.1) is 11.3 Å². The molecule has 3 heterocycles. The summed E-state index contributed by atoms with van der Waals surface area (Å²) in [7, 11) is 0. The Morgan fingerprint density at radius 1 is 0.897 bits per heavy atom. The van der Waals surface area contributed by atoms with E-state index in [1.54, 1.807) is 48.8 Å². The van der Waals surface area contributed by atoms with Gasteiger partial charge in [0.1, 0.15) is 29.9 Å². The van der Waals surface area contributed by atoms with E-state index in [4.69, 9.17) is 14.7 Å². The third-order valence-electron chi connectivity index (χ3n) is 3.84. The monoisotopic (exact) mass is 385 g/mol. The van der Waals surface area contributed by atoms with Gasteiger partial charge in [0.25, 0.3) is 0 Å². The fraction of sp³-hybridized carbons (Fsp3) is 0.100. The van der Waals surface area contributed by atoms with Crippen molar-refractivity contribution in [3.05, 3.63) is 66.9 Å². The molecule has 0 fully saturated rings. The van der Waals surface area contributed by atoms with E-state index >= 15 is 0 Å². The van der Waals surface area contributed by atoms with Gasteiger partial charge in [0.15, 0.2) is 11.5 Å². The van der Waals surface area contributed by atoms with Crippen LogP contribution in [0.3, 0.4) is 0 Å². The highest BCUT2D eigenvalue weighted by Gasteiger charge is 2.05. The lowest BCUT2D eigenvalue weighted by atomic mass is 10.3. The topological polar surface area (TPSA) is 119 Å². The van der Waals surface area contributed by atoms with Crippen LogP contribution in [0.2, 0.25) is 0 Å². The van der Waals surface area contributed by atoms with E-state index in [0.717, 1.165) is 0 Å². The van der Waals surface area contributed by atoms with Crippen LogP contribution >= 0.6 is 0 Å². The quantitative estimate of drug-likeness (QED) is 0.479. The minimum absolute atomic E-state index is 0.363. The third kappa shape index (κ3) is 4.51. The number of nitriles is 1. The van der Waals surface area contributed by atoms with E-state index in [1.807, 2.05) is 0 Å². The molecule has 4 rings (SSSR count). The predicted molar refractivity (Wildman–Crippen MR) is 105 cm³/mol. The van der Waals surface area contributed by atoms with Crippen LogP contribution in [0.1, 0.15) is 5.56 Å². The molecule has 0 saturated heterocycles. The van der Waals surface area contributed by atoms with Crippen molar-refractivity contribution in [3.8, 4) is 23.4 Å². The van der Waals surface area contributed by atoms with Crippen molar-refractivity contribution in [2.45, 2.75) is 0 Å². The molecule has 4 aromatic rings. The molecule has 0 unspecified atom stereocenters. The Balaban J connectivity index is 1.29. The molecule has 0 saturated carbocycles. The van der Waals surface area contributed by atoms with Crippen LogP contribution in [-0.2, 0) is 0 Å². The van der Waals surface area contributed by atoms with E-state index in [2.05, 4.69) is 36.3 Å². The molecule has 1 aromatic carbocycles. The number of ether oxygens (including phenoxy) is 2. The molecule has 29 heavy (non-hydrogen) atoms. The first-order valence-corrected chi connectivity index (χ1v) is 8.74. The Labute approximate surface area is 166 Å². The molecule has 3 aromatic heterocycles. The van der Waals surface area contributed by atoms with Crippen LogP contribution in [0.5, 0.6) is 17.4 Å². The molecule has 142 valence electrons. The van der Waals surface area contributed by atoms with Gasteiger partial charge in [-0.15, -0.1) is 0 Å². The van der Waals surface area contributed by atoms with Gasteiger partial charge in [0.2, 0.25) is 5.88 Å². The van der Waals surface area contributed by atoms with Gasteiger partial charge in [-0.05, 0) is 30.3 Å². The number of hydrogen-bond donors (Lipinski definition) is 1. The van der Waals surface area contributed by atoms with Crippen LogP contribution < -0.4 is 14.8 Å². The van der Waals surface area contributed by atoms with Gasteiger partial charge >= 0.3 is 0 Å². The maximum atomic E-state index is 8.92. The molecule has 0 aliphatic rings. The lowest BCUT2D eigenvalue weighted by Crippen LogP contribution is -2.13. The van der Waals surface area contributed by atoms with Gasteiger partial charge < -0.3 is 14.8 Å². The highest BCUT2D eigenvalue weighted by atomic mass is 16.5. The van der Waals surface area contributed by atoms with Crippen molar-refractivity contribution in [1.82, 2.24) is 24.9 Å². The zero-order valence-corrected chi connectivity index (χ0v) is 15.2. The molecule has 0 spiro atoms. The fourth-order valence-corrected chi connectivity index (χ4v) is 2.52. The van der Waals surface area contributed by atoms with Crippen molar-refractivity contribution in [1.29, 1.82) is 5.26 Å². The van der Waals surface area contributed by atoms with Gasteiger partial charge in [0.05, 0.1) is 18.2 Å². The summed E-state index contributed by atoms with van der Waals surface area (Å²) in [4.78, 5) is 20.7. The summed E-state index contributed by atoms with van der Waals surface area (Å²) in [6, 6.07) is 12.4. The molecule has 0 amide bonds. The molecule has 9 heteroatoms. The standard InChI is InChI=1S/C20H15N7O2/c21-12-14-5-6-22-17(11-14)29-16-3-1-15(2-4-16)28-10-9-25-20-18-19(26-13-27-20)24-8-7-23-18/h1-8,11,13H,9-10H2,(H,24,25,26,27).